The lowest BCUT2D eigenvalue weighted by Gasteiger charge is -2.23. The van der Waals surface area contributed by atoms with Crippen LogP contribution >= 0.6 is 0 Å². The first kappa shape index (κ1) is 13.5. The van der Waals surface area contributed by atoms with E-state index in [1.807, 2.05) is 12.1 Å². The van der Waals surface area contributed by atoms with E-state index in [9.17, 15) is 19.8 Å². The topological polar surface area (TPSA) is 74.6 Å². The number of hydrogen-bond donors (Lipinski definition) is 2. The summed E-state index contributed by atoms with van der Waals surface area (Å²) in [4.78, 5) is 25.7. The highest BCUT2D eigenvalue weighted by Crippen LogP contribution is 2.40. The second-order valence-corrected chi connectivity index (χ2v) is 5.61. The first-order chi connectivity index (χ1) is 11.1. The van der Waals surface area contributed by atoms with Gasteiger partial charge < -0.3 is 10.2 Å². The average Bonchev–Trinajstić information content (AvgIpc) is 2.56. The Hall–Kier alpha value is -3.14. The predicted octanol–water partition coefficient (Wildman–Crippen LogP) is 3.41. The number of carbonyl (C=O) groups excluding carboxylic acids is 2. The summed E-state index contributed by atoms with van der Waals surface area (Å²) >= 11 is 0. The molecule has 0 unspecified atom stereocenters. The van der Waals surface area contributed by atoms with E-state index < -0.39 is 5.92 Å². The molecule has 0 saturated heterocycles. The van der Waals surface area contributed by atoms with Crippen molar-refractivity contribution in [1.82, 2.24) is 0 Å². The molecule has 0 aliphatic heterocycles. The van der Waals surface area contributed by atoms with E-state index in [1.165, 1.54) is 18.2 Å². The van der Waals surface area contributed by atoms with Crippen molar-refractivity contribution >= 4 is 22.3 Å². The molecule has 0 fully saturated rings. The molecule has 4 nitrogen and oxygen atoms in total. The van der Waals surface area contributed by atoms with Gasteiger partial charge >= 0.3 is 0 Å². The zero-order valence-corrected chi connectivity index (χ0v) is 12.0. The minimum Gasteiger partial charge on any atom is -0.508 e. The second kappa shape index (κ2) is 4.68. The third-order valence-electron chi connectivity index (χ3n) is 4.28. The Morgan fingerprint density at radius 3 is 2.00 bits per heavy atom. The number of rotatable bonds is 1. The number of Topliss-reactive ketones (excluding diaryl/α,β-unsaturated/α-hetero) is 2. The maximum atomic E-state index is 12.9. The molecule has 1 aliphatic rings. The van der Waals surface area contributed by atoms with Crippen molar-refractivity contribution < 1.29 is 19.8 Å². The highest BCUT2D eigenvalue weighted by molar-refractivity contribution is 6.32. The molecule has 0 aromatic heterocycles. The lowest BCUT2D eigenvalue weighted by atomic mass is 9.76. The van der Waals surface area contributed by atoms with Crippen LogP contribution in [-0.4, -0.2) is 21.8 Å². The summed E-state index contributed by atoms with van der Waals surface area (Å²) in [6.45, 7) is 0. The van der Waals surface area contributed by atoms with E-state index in [0.717, 1.165) is 5.39 Å². The van der Waals surface area contributed by atoms with Crippen LogP contribution in [0.1, 0.15) is 32.2 Å². The Bertz CT molecular complexity index is 937. The number of ketones is 2. The zero-order chi connectivity index (χ0) is 16.1. The number of carbonyl (C=O) groups is 2. The minimum atomic E-state index is -1.14. The number of phenolic OH excluding ortho intramolecular Hbond substituents is 2. The molecule has 0 heterocycles. The fourth-order valence-corrected chi connectivity index (χ4v) is 3.24. The Morgan fingerprint density at radius 2 is 1.39 bits per heavy atom. The largest absolute Gasteiger partial charge is 0.508 e. The summed E-state index contributed by atoms with van der Waals surface area (Å²) in [6, 6.07) is 14.5. The van der Waals surface area contributed by atoms with E-state index >= 15 is 0 Å². The third kappa shape index (κ3) is 1.85. The monoisotopic (exact) mass is 304 g/mol. The molecule has 112 valence electrons. The maximum Gasteiger partial charge on any atom is 0.178 e. The predicted molar refractivity (Wildman–Crippen MR) is 85.1 cm³/mol. The van der Waals surface area contributed by atoms with Crippen molar-refractivity contribution in [3.8, 4) is 11.5 Å². The summed E-state index contributed by atoms with van der Waals surface area (Å²) in [5, 5.41) is 21.2. The maximum absolute atomic E-state index is 12.9. The molecule has 3 aromatic rings. The molecule has 0 radical (unpaired) electrons. The van der Waals surface area contributed by atoms with Crippen molar-refractivity contribution in [2.45, 2.75) is 5.92 Å². The van der Waals surface area contributed by atoms with Crippen LogP contribution in [0.15, 0.2) is 54.6 Å². The molecule has 0 saturated carbocycles. The van der Waals surface area contributed by atoms with Gasteiger partial charge in [0.2, 0.25) is 0 Å². The van der Waals surface area contributed by atoms with Crippen LogP contribution in [0.3, 0.4) is 0 Å². The van der Waals surface area contributed by atoms with Gasteiger partial charge in [0.25, 0.3) is 0 Å². The van der Waals surface area contributed by atoms with Gasteiger partial charge in [0.1, 0.15) is 17.4 Å². The third-order valence-corrected chi connectivity index (χ3v) is 4.28. The van der Waals surface area contributed by atoms with Crippen molar-refractivity contribution in [3.63, 3.8) is 0 Å². The molecule has 0 amide bonds. The lowest BCUT2D eigenvalue weighted by molar-refractivity contribution is 0.0854. The van der Waals surface area contributed by atoms with E-state index in [2.05, 4.69) is 0 Å². The molecule has 0 spiro atoms. The molecule has 4 heteroatoms. The van der Waals surface area contributed by atoms with Gasteiger partial charge in [-0.2, -0.15) is 0 Å². The smallest absolute Gasteiger partial charge is 0.178 e. The van der Waals surface area contributed by atoms with Crippen molar-refractivity contribution in [2.75, 3.05) is 0 Å². The van der Waals surface area contributed by atoms with Crippen molar-refractivity contribution in [3.05, 3.63) is 71.3 Å². The summed E-state index contributed by atoms with van der Waals surface area (Å²) in [5.41, 5.74) is 1.06. The first-order valence-corrected chi connectivity index (χ1v) is 7.20. The van der Waals surface area contributed by atoms with Crippen LogP contribution in [0.5, 0.6) is 11.5 Å². The van der Waals surface area contributed by atoms with Crippen LogP contribution in [0, 0.1) is 0 Å². The number of aromatic hydroxyl groups is 2. The zero-order valence-electron chi connectivity index (χ0n) is 12.0. The van der Waals surface area contributed by atoms with Crippen LogP contribution in [0.25, 0.3) is 10.8 Å². The molecule has 23 heavy (non-hydrogen) atoms. The molecule has 3 aromatic carbocycles. The number of hydrogen-bond acceptors (Lipinski definition) is 4. The van der Waals surface area contributed by atoms with E-state index in [4.69, 9.17) is 0 Å². The van der Waals surface area contributed by atoms with Crippen LogP contribution < -0.4 is 0 Å². The van der Waals surface area contributed by atoms with E-state index in [0.29, 0.717) is 16.5 Å². The fraction of sp³-hybridized carbons (Fsp3) is 0.0526. The number of phenols is 2. The van der Waals surface area contributed by atoms with Gasteiger partial charge in [-0.05, 0) is 23.6 Å². The molecular weight excluding hydrogens is 292 g/mol. The highest BCUT2D eigenvalue weighted by Gasteiger charge is 2.38. The molecule has 1 aliphatic carbocycles. The highest BCUT2D eigenvalue weighted by atomic mass is 16.3. The first-order valence-electron chi connectivity index (χ1n) is 7.20. The van der Waals surface area contributed by atoms with Gasteiger partial charge in [-0.15, -0.1) is 0 Å². The quantitative estimate of drug-likeness (QED) is 0.533. The lowest BCUT2D eigenvalue weighted by Crippen LogP contribution is -2.27. The standard InChI is InChI=1S/C19H12O4/c20-11-7-8-15(21)14(9-11)17-18(22)12-5-1-3-10-4-2-6-13(16(10)12)19(17)23/h1-9,17,20-21H. The molecule has 2 N–H and O–H groups in total. The summed E-state index contributed by atoms with van der Waals surface area (Å²) in [6.07, 6.45) is 0. The van der Waals surface area contributed by atoms with Crippen LogP contribution in [0.4, 0.5) is 0 Å². The normalized spacial score (nSPS) is 14.4. The fourth-order valence-electron chi connectivity index (χ4n) is 3.24. The molecular formula is C19H12O4. The molecule has 0 atom stereocenters. The van der Waals surface area contributed by atoms with Crippen molar-refractivity contribution in [2.24, 2.45) is 0 Å². The van der Waals surface area contributed by atoms with Gasteiger partial charge in [-0.25, -0.2) is 0 Å². The van der Waals surface area contributed by atoms with Crippen LogP contribution in [-0.2, 0) is 0 Å². The van der Waals surface area contributed by atoms with Gasteiger partial charge in [0.05, 0.1) is 0 Å². The van der Waals surface area contributed by atoms with E-state index in [1.54, 1.807) is 24.3 Å². The molecule has 0 bridgehead atoms. The minimum absolute atomic E-state index is 0.101. The van der Waals surface area contributed by atoms with Gasteiger partial charge in [-0.3, -0.25) is 9.59 Å². The van der Waals surface area contributed by atoms with Crippen molar-refractivity contribution in [1.29, 1.82) is 0 Å². The van der Waals surface area contributed by atoms with Gasteiger partial charge in [0, 0.05) is 22.1 Å². The Kier molecular flexibility index (Phi) is 2.75. The SMILES string of the molecule is O=C1c2cccc3cccc(c23)C(=O)C1c1cc(O)ccc1O. The Balaban J connectivity index is 2.01. The van der Waals surface area contributed by atoms with Crippen LogP contribution in [0.2, 0.25) is 0 Å². The summed E-state index contributed by atoms with van der Waals surface area (Å²) in [7, 11) is 0. The second-order valence-electron chi connectivity index (χ2n) is 5.61. The summed E-state index contributed by atoms with van der Waals surface area (Å²) in [5.74, 6) is -2.14. The molecule has 4 rings (SSSR count). The van der Waals surface area contributed by atoms with Gasteiger partial charge in [0.15, 0.2) is 11.6 Å². The Morgan fingerprint density at radius 1 is 0.783 bits per heavy atom. The van der Waals surface area contributed by atoms with Gasteiger partial charge in [-0.1, -0.05) is 36.4 Å². The van der Waals surface area contributed by atoms with E-state index in [-0.39, 0.29) is 28.6 Å². The Labute approximate surface area is 131 Å². The average molecular weight is 304 g/mol. The number of benzene rings is 3. The summed E-state index contributed by atoms with van der Waals surface area (Å²) < 4.78 is 0.